The molecule has 48 heavy (non-hydrogen) atoms. The van der Waals surface area contributed by atoms with Crippen LogP contribution in [0, 0.1) is 0 Å². The molecule has 1 aliphatic heterocycles. The zero-order valence-electron chi connectivity index (χ0n) is 27.9. The van der Waals surface area contributed by atoms with Crippen LogP contribution in [0.5, 0.6) is 0 Å². The molecular weight excluding hydrogens is 608 g/mol. The van der Waals surface area contributed by atoms with E-state index in [0.29, 0.717) is 5.03 Å². The van der Waals surface area contributed by atoms with Crippen molar-refractivity contribution in [1.82, 2.24) is 9.97 Å². The molecule has 0 unspecified atom stereocenters. The Morgan fingerprint density at radius 3 is 2.27 bits per heavy atom. The van der Waals surface area contributed by atoms with Gasteiger partial charge in [0.05, 0.1) is 27.5 Å². The predicted molar refractivity (Wildman–Crippen MR) is 203 cm³/mol. The summed E-state index contributed by atoms with van der Waals surface area (Å²) in [6.07, 6.45) is 20.1. The molecule has 0 fully saturated rings. The minimum absolute atomic E-state index is 0.671. The number of unbranched alkanes of at least 4 members (excludes halogenated alkanes) is 4. The highest BCUT2D eigenvalue weighted by molar-refractivity contribution is 6.42. The topological polar surface area (TPSA) is 32.9 Å². The first-order valence-electron chi connectivity index (χ1n) is 17.4. The first-order chi connectivity index (χ1) is 23.7. The molecule has 0 amide bonds. The van der Waals surface area contributed by atoms with Crippen LogP contribution in [0.3, 0.4) is 0 Å². The van der Waals surface area contributed by atoms with Gasteiger partial charge in [-0.15, -0.1) is 0 Å². The molecule has 2 aromatic heterocycles. The minimum atomic E-state index is 0.671. The van der Waals surface area contributed by atoms with Crippen LogP contribution in [-0.4, -0.2) is 16.5 Å². The van der Waals surface area contributed by atoms with Crippen LogP contribution in [0.4, 0.5) is 5.69 Å². The zero-order valence-corrected chi connectivity index (χ0v) is 28.6. The van der Waals surface area contributed by atoms with Gasteiger partial charge >= 0.3 is 0 Å². The van der Waals surface area contributed by atoms with Gasteiger partial charge in [0.1, 0.15) is 6.54 Å². The summed E-state index contributed by atoms with van der Waals surface area (Å²) in [6, 6.07) is 29.7. The lowest BCUT2D eigenvalue weighted by atomic mass is 10.0. The molecule has 240 valence electrons. The fourth-order valence-electron chi connectivity index (χ4n) is 6.76. The molecule has 0 radical (unpaired) electrons. The second-order valence-corrected chi connectivity index (χ2v) is 12.9. The summed E-state index contributed by atoms with van der Waals surface area (Å²) in [4.78, 5) is 12.7. The maximum absolute atomic E-state index is 7.33. The normalized spacial score (nSPS) is 15.9. The Bertz CT molecular complexity index is 2130. The molecule has 0 saturated heterocycles. The number of rotatable bonds is 11. The van der Waals surface area contributed by atoms with Crippen molar-refractivity contribution in [1.29, 1.82) is 0 Å². The molecule has 2 aliphatic rings. The third-order valence-electron chi connectivity index (χ3n) is 9.31. The van der Waals surface area contributed by atoms with Crippen molar-refractivity contribution in [2.24, 2.45) is 0 Å². The number of anilines is 1. The minimum Gasteiger partial charge on any atom is -0.341 e. The van der Waals surface area contributed by atoms with Gasteiger partial charge in [-0.2, -0.15) is 4.57 Å². The van der Waals surface area contributed by atoms with E-state index < -0.39 is 0 Å². The molecule has 5 heteroatoms. The molecule has 0 saturated carbocycles. The molecular formula is C43H42ClN4+. The van der Waals surface area contributed by atoms with Crippen LogP contribution in [0.2, 0.25) is 0 Å². The second-order valence-electron chi connectivity index (χ2n) is 12.6. The summed E-state index contributed by atoms with van der Waals surface area (Å²) >= 11 is 7.33. The van der Waals surface area contributed by atoms with Crippen molar-refractivity contribution >= 4 is 62.5 Å². The highest BCUT2D eigenvalue weighted by Crippen LogP contribution is 2.43. The third-order valence-corrected chi connectivity index (χ3v) is 9.72. The van der Waals surface area contributed by atoms with E-state index >= 15 is 0 Å². The molecule has 4 nitrogen and oxygen atoms in total. The number of halogens is 1. The van der Waals surface area contributed by atoms with Crippen LogP contribution in [0.1, 0.15) is 75.0 Å². The van der Waals surface area contributed by atoms with E-state index in [1.165, 1.54) is 47.8 Å². The molecule has 0 N–H and O–H groups in total. The monoisotopic (exact) mass is 649 g/mol. The van der Waals surface area contributed by atoms with Crippen molar-refractivity contribution < 1.29 is 4.57 Å². The number of aromatic nitrogens is 3. The van der Waals surface area contributed by atoms with Crippen LogP contribution in [-0.2, 0) is 6.54 Å². The van der Waals surface area contributed by atoms with Crippen LogP contribution >= 0.6 is 11.6 Å². The van der Waals surface area contributed by atoms with Crippen LogP contribution < -0.4 is 9.47 Å². The van der Waals surface area contributed by atoms with Crippen molar-refractivity contribution in [3.63, 3.8) is 0 Å². The lowest BCUT2D eigenvalue weighted by molar-refractivity contribution is -0.673. The average molecular weight is 650 g/mol. The quantitative estimate of drug-likeness (QED) is 0.105. The fourth-order valence-corrected chi connectivity index (χ4v) is 7.06. The van der Waals surface area contributed by atoms with E-state index in [1.54, 1.807) is 0 Å². The lowest BCUT2D eigenvalue weighted by Crippen LogP contribution is -2.38. The summed E-state index contributed by atoms with van der Waals surface area (Å²) in [5, 5.41) is 1.91. The molecule has 3 heterocycles. The van der Waals surface area contributed by atoms with Gasteiger partial charge in [-0.25, -0.2) is 9.97 Å². The Kier molecular flexibility index (Phi) is 9.62. The van der Waals surface area contributed by atoms with E-state index in [2.05, 4.69) is 120 Å². The summed E-state index contributed by atoms with van der Waals surface area (Å²) in [5.74, 6) is 0. The van der Waals surface area contributed by atoms with Gasteiger partial charge in [0.15, 0.2) is 0 Å². The van der Waals surface area contributed by atoms with E-state index in [1.807, 2.05) is 24.3 Å². The smallest absolute Gasteiger partial charge is 0.212 e. The molecule has 0 bridgehead atoms. The molecule has 1 aliphatic carbocycles. The van der Waals surface area contributed by atoms with Gasteiger partial charge in [0, 0.05) is 59.1 Å². The first-order valence-corrected chi connectivity index (χ1v) is 17.8. The molecule has 0 atom stereocenters. The van der Waals surface area contributed by atoms with E-state index in [-0.39, 0.29) is 0 Å². The summed E-state index contributed by atoms with van der Waals surface area (Å²) in [7, 11) is 0. The van der Waals surface area contributed by atoms with E-state index in [4.69, 9.17) is 21.6 Å². The third kappa shape index (κ3) is 6.37. The second kappa shape index (κ2) is 14.5. The van der Waals surface area contributed by atoms with E-state index in [0.717, 1.165) is 70.9 Å². The Hall–Kier alpha value is -4.80. The fraction of sp³-hybridized carbons (Fsp3) is 0.233. The molecule has 7 rings (SSSR count). The van der Waals surface area contributed by atoms with Gasteiger partial charge in [-0.3, -0.25) is 0 Å². The number of hydrogen-bond acceptors (Lipinski definition) is 3. The number of hydrogen-bond donors (Lipinski definition) is 0. The lowest BCUT2D eigenvalue weighted by Gasteiger charge is -2.30. The standard InChI is InChI=1S/C43H42ClN4/c1-3-5-13-29-47-33(23-21-31-15-7-11-19-39(31)47)25-27-35-41(44)36(43-42(35)45-37-17-9-10-18-38(37)46-43)28-26-34-24-22-32-16-8-12-20-40(32)48(34)30-14-6-4-2/h7-12,15-28H,3-6,13-14,29-30H2,1-2H3/q+1. The van der Waals surface area contributed by atoms with Crippen LogP contribution in [0.15, 0.2) is 120 Å². The van der Waals surface area contributed by atoms with Crippen molar-refractivity contribution in [2.75, 3.05) is 11.4 Å². The molecule has 3 aromatic carbocycles. The summed E-state index contributed by atoms with van der Waals surface area (Å²) in [6.45, 7) is 6.43. The van der Waals surface area contributed by atoms with Gasteiger partial charge in [0.25, 0.3) is 0 Å². The number of fused-ring (bicyclic) bond motifs is 4. The number of pyridine rings is 1. The Morgan fingerprint density at radius 1 is 0.708 bits per heavy atom. The number of para-hydroxylation sites is 4. The highest BCUT2D eigenvalue weighted by Gasteiger charge is 2.28. The number of benzene rings is 3. The number of nitrogens with zero attached hydrogens (tertiary/aromatic N) is 4. The Labute approximate surface area is 289 Å². The van der Waals surface area contributed by atoms with Crippen molar-refractivity contribution in [3.8, 4) is 0 Å². The summed E-state index contributed by atoms with van der Waals surface area (Å²) < 4.78 is 2.43. The predicted octanol–water partition coefficient (Wildman–Crippen LogP) is 10.9. The highest BCUT2D eigenvalue weighted by atomic mass is 35.5. The molecule has 5 aromatic rings. The maximum atomic E-state index is 7.33. The Balaban J connectivity index is 1.32. The van der Waals surface area contributed by atoms with Gasteiger partial charge in [-0.1, -0.05) is 93.3 Å². The van der Waals surface area contributed by atoms with Gasteiger partial charge in [-0.05, 0) is 73.0 Å². The number of aryl methyl sites for hydroxylation is 1. The Morgan fingerprint density at radius 2 is 1.44 bits per heavy atom. The number of allylic oxidation sites excluding steroid dienone is 7. The van der Waals surface area contributed by atoms with E-state index in [9.17, 15) is 0 Å². The van der Waals surface area contributed by atoms with Gasteiger partial charge in [0.2, 0.25) is 11.2 Å². The first kappa shape index (κ1) is 31.8. The van der Waals surface area contributed by atoms with Crippen molar-refractivity contribution in [3.05, 3.63) is 143 Å². The average Bonchev–Trinajstić information content (AvgIpc) is 3.38. The van der Waals surface area contributed by atoms with Gasteiger partial charge < -0.3 is 4.90 Å². The summed E-state index contributed by atoms with van der Waals surface area (Å²) in [5.41, 5.74) is 11.2. The SMILES string of the molecule is CCCCCN1/C(=C/C=C2C(Cl)=C(/C=C/c3ccc4ccccc4[n+]3CCCCC)c3nc4ccccc4nc3/2)C=Cc2ccccc21. The maximum Gasteiger partial charge on any atom is 0.212 e. The largest absolute Gasteiger partial charge is 0.341 e. The van der Waals surface area contributed by atoms with Crippen LogP contribution in [0.25, 0.3) is 45.2 Å². The molecule has 0 spiro atoms. The van der Waals surface area contributed by atoms with Crippen molar-refractivity contribution in [2.45, 2.75) is 58.9 Å². The zero-order chi connectivity index (χ0) is 32.9.